The lowest BCUT2D eigenvalue weighted by Gasteiger charge is -2.29. The van der Waals surface area contributed by atoms with E-state index in [4.69, 9.17) is 10.5 Å². The molecule has 0 amide bonds. The standard InChI is InChI=1S/C10H20N2O2/c1-8(2)14-10(13)7-12-5-3-9(11)4-6-12/h8-9H,3-7,11H2,1-2H3. The first kappa shape index (κ1) is 11.5. The predicted octanol–water partition coefficient (Wildman–Crippen LogP) is 0.361. The van der Waals surface area contributed by atoms with Gasteiger partial charge in [0.1, 0.15) is 0 Å². The summed E-state index contributed by atoms with van der Waals surface area (Å²) in [6.07, 6.45) is 1.94. The van der Waals surface area contributed by atoms with Crippen LogP contribution in [0.4, 0.5) is 0 Å². The van der Waals surface area contributed by atoms with Crippen LogP contribution < -0.4 is 5.73 Å². The fraction of sp³-hybridized carbons (Fsp3) is 0.900. The van der Waals surface area contributed by atoms with E-state index in [0.717, 1.165) is 25.9 Å². The first-order valence-corrected chi connectivity index (χ1v) is 5.25. The Kier molecular flexibility index (Phi) is 4.35. The molecule has 1 heterocycles. The van der Waals surface area contributed by atoms with E-state index in [9.17, 15) is 4.79 Å². The Bertz CT molecular complexity index is 187. The minimum Gasteiger partial charge on any atom is -0.462 e. The van der Waals surface area contributed by atoms with Gasteiger partial charge in [-0.05, 0) is 26.7 Å². The van der Waals surface area contributed by atoms with Crippen LogP contribution in [0, 0.1) is 0 Å². The summed E-state index contributed by atoms with van der Waals surface area (Å²) < 4.78 is 5.07. The molecule has 2 N–H and O–H groups in total. The van der Waals surface area contributed by atoms with Gasteiger partial charge in [-0.2, -0.15) is 0 Å². The van der Waals surface area contributed by atoms with E-state index >= 15 is 0 Å². The van der Waals surface area contributed by atoms with Gasteiger partial charge in [0.15, 0.2) is 0 Å². The van der Waals surface area contributed by atoms with E-state index in [1.54, 1.807) is 0 Å². The molecule has 0 aromatic rings. The summed E-state index contributed by atoms with van der Waals surface area (Å²) in [7, 11) is 0. The third-order valence-corrected chi connectivity index (χ3v) is 2.35. The fourth-order valence-electron chi connectivity index (χ4n) is 1.59. The molecule has 0 saturated carbocycles. The van der Waals surface area contributed by atoms with Crippen LogP contribution in [0.15, 0.2) is 0 Å². The number of hydrogen-bond donors (Lipinski definition) is 1. The van der Waals surface area contributed by atoms with Gasteiger partial charge in [-0.3, -0.25) is 9.69 Å². The molecule has 1 aliphatic rings. The van der Waals surface area contributed by atoms with Crippen LogP contribution in [0.2, 0.25) is 0 Å². The maximum atomic E-state index is 11.3. The summed E-state index contributed by atoms with van der Waals surface area (Å²) in [5, 5.41) is 0. The molecule has 0 unspecified atom stereocenters. The van der Waals surface area contributed by atoms with Crippen molar-refractivity contribution in [1.29, 1.82) is 0 Å². The van der Waals surface area contributed by atoms with Crippen LogP contribution in [0.5, 0.6) is 0 Å². The van der Waals surface area contributed by atoms with Gasteiger partial charge in [0, 0.05) is 19.1 Å². The van der Waals surface area contributed by atoms with E-state index in [-0.39, 0.29) is 12.1 Å². The molecular formula is C10H20N2O2. The number of ether oxygens (including phenoxy) is 1. The molecular weight excluding hydrogens is 180 g/mol. The Morgan fingerprint density at radius 3 is 2.57 bits per heavy atom. The normalized spacial score (nSPS) is 20.0. The largest absolute Gasteiger partial charge is 0.462 e. The van der Waals surface area contributed by atoms with E-state index in [2.05, 4.69) is 4.90 Å². The molecule has 4 nitrogen and oxygen atoms in total. The Morgan fingerprint density at radius 1 is 1.50 bits per heavy atom. The maximum Gasteiger partial charge on any atom is 0.320 e. The van der Waals surface area contributed by atoms with Crippen LogP contribution in [-0.4, -0.2) is 42.6 Å². The number of nitrogens with two attached hydrogens (primary N) is 1. The van der Waals surface area contributed by atoms with Gasteiger partial charge < -0.3 is 10.5 Å². The highest BCUT2D eigenvalue weighted by molar-refractivity contribution is 5.71. The monoisotopic (exact) mass is 200 g/mol. The molecule has 1 aliphatic heterocycles. The first-order valence-electron chi connectivity index (χ1n) is 5.25. The molecule has 4 heteroatoms. The average Bonchev–Trinajstić information content (AvgIpc) is 2.07. The molecule has 14 heavy (non-hydrogen) atoms. The maximum absolute atomic E-state index is 11.3. The van der Waals surface area contributed by atoms with Crippen molar-refractivity contribution in [3.63, 3.8) is 0 Å². The molecule has 1 fully saturated rings. The van der Waals surface area contributed by atoms with E-state index in [1.807, 2.05) is 13.8 Å². The van der Waals surface area contributed by atoms with Crippen LogP contribution >= 0.6 is 0 Å². The minimum atomic E-state index is -0.129. The highest BCUT2D eigenvalue weighted by Gasteiger charge is 2.18. The molecule has 1 rings (SSSR count). The van der Waals surface area contributed by atoms with Gasteiger partial charge in [-0.15, -0.1) is 0 Å². The van der Waals surface area contributed by atoms with Crippen molar-refractivity contribution in [2.24, 2.45) is 5.73 Å². The SMILES string of the molecule is CC(C)OC(=O)CN1CCC(N)CC1. The molecule has 1 saturated heterocycles. The highest BCUT2D eigenvalue weighted by atomic mass is 16.5. The summed E-state index contributed by atoms with van der Waals surface area (Å²) >= 11 is 0. The minimum absolute atomic E-state index is 0.0189. The summed E-state index contributed by atoms with van der Waals surface area (Å²) in [5.41, 5.74) is 5.77. The number of likely N-dealkylation sites (tertiary alicyclic amines) is 1. The van der Waals surface area contributed by atoms with Crippen LogP contribution in [0.25, 0.3) is 0 Å². The zero-order valence-corrected chi connectivity index (χ0v) is 9.03. The number of carbonyl (C=O) groups is 1. The number of hydrogen-bond acceptors (Lipinski definition) is 4. The molecule has 0 spiro atoms. The number of esters is 1. The number of carbonyl (C=O) groups excluding carboxylic acids is 1. The molecule has 82 valence electrons. The molecule has 0 aromatic heterocycles. The first-order chi connectivity index (χ1) is 6.58. The number of rotatable bonds is 3. The lowest BCUT2D eigenvalue weighted by atomic mass is 10.1. The smallest absolute Gasteiger partial charge is 0.320 e. The zero-order valence-electron chi connectivity index (χ0n) is 9.03. The van der Waals surface area contributed by atoms with Gasteiger partial charge in [-0.25, -0.2) is 0 Å². The second kappa shape index (κ2) is 5.32. The molecule has 0 radical (unpaired) electrons. The van der Waals surface area contributed by atoms with E-state index in [0.29, 0.717) is 12.6 Å². The summed E-state index contributed by atoms with van der Waals surface area (Å²) in [4.78, 5) is 13.4. The van der Waals surface area contributed by atoms with Crippen molar-refractivity contribution < 1.29 is 9.53 Å². The Balaban J connectivity index is 2.20. The Labute approximate surface area is 85.4 Å². The molecule has 0 atom stereocenters. The van der Waals surface area contributed by atoms with Crippen molar-refractivity contribution >= 4 is 5.97 Å². The van der Waals surface area contributed by atoms with Crippen molar-refractivity contribution in [3.8, 4) is 0 Å². The second-order valence-electron chi connectivity index (χ2n) is 4.15. The summed E-state index contributed by atoms with van der Waals surface area (Å²) in [6, 6.07) is 0.312. The van der Waals surface area contributed by atoms with Gasteiger partial charge in [0.05, 0.1) is 12.6 Å². The summed E-state index contributed by atoms with van der Waals surface area (Å²) in [5.74, 6) is -0.129. The lowest BCUT2D eigenvalue weighted by molar-refractivity contribution is -0.148. The highest BCUT2D eigenvalue weighted by Crippen LogP contribution is 2.07. The fourth-order valence-corrected chi connectivity index (χ4v) is 1.59. The van der Waals surface area contributed by atoms with Crippen molar-refractivity contribution in [1.82, 2.24) is 4.90 Å². The Hall–Kier alpha value is -0.610. The Morgan fingerprint density at radius 2 is 2.07 bits per heavy atom. The lowest BCUT2D eigenvalue weighted by Crippen LogP contribution is -2.42. The van der Waals surface area contributed by atoms with Crippen LogP contribution in [0.3, 0.4) is 0 Å². The third-order valence-electron chi connectivity index (χ3n) is 2.35. The predicted molar refractivity (Wildman–Crippen MR) is 54.9 cm³/mol. The van der Waals surface area contributed by atoms with Crippen LogP contribution in [0.1, 0.15) is 26.7 Å². The topological polar surface area (TPSA) is 55.6 Å². The van der Waals surface area contributed by atoms with Gasteiger partial charge in [0.2, 0.25) is 0 Å². The molecule has 0 bridgehead atoms. The summed E-state index contributed by atoms with van der Waals surface area (Å²) in [6.45, 7) is 5.96. The number of piperidine rings is 1. The van der Waals surface area contributed by atoms with Crippen molar-refractivity contribution in [3.05, 3.63) is 0 Å². The van der Waals surface area contributed by atoms with Gasteiger partial charge >= 0.3 is 5.97 Å². The zero-order chi connectivity index (χ0) is 10.6. The van der Waals surface area contributed by atoms with E-state index in [1.165, 1.54) is 0 Å². The van der Waals surface area contributed by atoms with Gasteiger partial charge in [0.25, 0.3) is 0 Å². The molecule has 0 aromatic carbocycles. The van der Waals surface area contributed by atoms with Crippen LogP contribution in [-0.2, 0) is 9.53 Å². The van der Waals surface area contributed by atoms with Crippen molar-refractivity contribution in [2.45, 2.75) is 38.8 Å². The second-order valence-corrected chi connectivity index (χ2v) is 4.15. The average molecular weight is 200 g/mol. The van der Waals surface area contributed by atoms with Gasteiger partial charge in [-0.1, -0.05) is 0 Å². The quantitative estimate of drug-likeness (QED) is 0.668. The van der Waals surface area contributed by atoms with Crippen molar-refractivity contribution in [2.75, 3.05) is 19.6 Å². The molecule has 0 aliphatic carbocycles. The number of nitrogens with zero attached hydrogens (tertiary/aromatic N) is 1. The third kappa shape index (κ3) is 4.07. The van der Waals surface area contributed by atoms with E-state index < -0.39 is 0 Å².